The van der Waals surface area contributed by atoms with Gasteiger partial charge in [0.1, 0.15) is 0 Å². The third-order valence-electron chi connectivity index (χ3n) is 6.00. The number of amides is 2. The Bertz CT molecular complexity index is 1300. The molecule has 2 aliphatic heterocycles. The molecule has 2 N–H and O–H groups in total. The largest absolute Gasteiger partial charge is 0.489 e. The lowest BCUT2D eigenvalue weighted by Crippen LogP contribution is -2.36. The van der Waals surface area contributed by atoms with Crippen molar-refractivity contribution in [1.29, 1.82) is 0 Å². The number of hydrogen-bond donors (Lipinski definition) is 2. The van der Waals surface area contributed by atoms with Crippen LogP contribution in [0.25, 0.3) is 0 Å². The van der Waals surface area contributed by atoms with E-state index in [0.29, 0.717) is 41.4 Å². The lowest BCUT2D eigenvalue weighted by molar-refractivity contribution is 0.0782. The highest BCUT2D eigenvalue weighted by atomic mass is 32.2. The molecule has 2 aromatic heterocycles. The molecule has 5 rings (SSSR count). The lowest BCUT2D eigenvalue weighted by atomic mass is 10.1. The summed E-state index contributed by atoms with van der Waals surface area (Å²) in [6.45, 7) is 1.20. The number of benzene rings is 1. The number of rotatable bonds is 3. The number of fused-ring (bicyclic) bond motifs is 2. The summed E-state index contributed by atoms with van der Waals surface area (Å²) in [5, 5.41) is 6.44. The van der Waals surface area contributed by atoms with Crippen molar-refractivity contribution < 1.29 is 27.5 Å². The van der Waals surface area contributed by atoms with Crippen LogP contribution in [0.5, 0.6) is 5.75 Å². The SMILES string of the molecule is Cn1cc(C(=O)N2C[C@@H]3COc4c(cn(C)c4C(=O)Nc4cc(F)c(F)c(F)c4)SN[C@@H]3C2)cn1. The number of hydrogen-bond acceptors (Lipinski definition) is 6. The van der Waals surface area contributed by atoms with Crippen molar-refractivity contribution in [2.75, 3.05) is 25.0 Å². The van der Waals surface area contributed by atoms with Gasteiger partial charge in [-0.1, -0.05) is 0 Å². The average molecular weight is 507 g/mol. The number of carbonyl (C=O) groups excluding carboxylic acids is 2. The molecule has 3 aromatic rings. The number of ether oxygens (including phenoxy) is 1. The van der Waals surface area contributed by atoms with Gasteiger partial charge in [-0.2, -0.15) is 5.10 Å². The second-order valence-corrected chi connectivity index (χ2v) is 9.38. The van der Waals surface area contributed by atoms with Gasteiger partial charge in [0.25, 0.3) is 11.8 Å². The maximum atomic E-state index is 13.6. The molecule has 2 amide bonds. The fraction of sp³-hybridized carbons (Fsp3) is 0.318. The first-order valence-electron chi connectivity index (χ1n) is 10.7. The first-order chi connectivity index (χ1) is 16.7. The Morgan fingerprint density at radius 1 is 1.17 bits per heavy atom. The molecule has 2 atom stereocenters. The van der Waals surface area contributed by atoms with Crippen LogP contribution in [0.15, 0.2) is 35.6 Å². The number of halogens is 3. The zero-order valence-corrected chi connectivity index (χ0v) is 19.5. The molecule has 1 fully saturated rings. The van der Waals surface area contributed by atoms with E-state index in [9.17, 15) is 22.8 Å². The number of nitrogens with one attached hydrogen (secondary N) is 2. The zero-order valence-electron chi connectivity index (χ0n) is 18.7. The second-order valence-electron chi connectivity index (χ2n) is 8.50. The maximum absolute atomic E-state index is 13.6. The van der Waals surface area contributed by atoms with Gasteiger partial charge in [-0.3, -0.25) is 19.0 Å². The summed E-state index contributed by atoms with van der Waals surface area (Å²) in [5.41, 5.74) is 0.421. The molecule has 184 valence electrons. The van der Waals surface area contributed by atoms with E-state index in [2.05, 4.69) is 15.1 Å². The van der Waals surface area contributed by atoms with E-state index in [1.807, 2.05) is 0 Å². The Kier molecular flexibility index (Phi) is 5.97. The van der Waals surface area contributed by atoms with Crippen molar-refractivity contribution in [2.24, 2.45) is 20.0 Å². The second kappa shape index (κ2) is 8.96. The Hall–Kier alpha value is -3.45. The van der Waals surface area contributed by atoms with Crippen molar-refractivity contribution in [3.8, 4) is 5.75 Å². The number of aromatic nitrogens is 3. The summed E-state index contributed by atoms with van der Waals surface area (Å²) < 4.78 is 52.9. The third kappa shape index (κ3) is 4.36. The number of anilines is 1. The predicted molar refractivity (Wildman–Crippen MR) is 121 cm³/mol. The van der Waals surface area contributed by atoms with Gasteiger partial charge in [-0.25, -0.2) is 13.2 Å². The standard InChI is InChI=1S/C22H21F3N6O3S/c1-29-9-17-20(19(29)21(32)27-13-3-14(23)18(25)15(24)4-13)34-10-12-7-31(8-16(12)28-35-17)22(33)11-5-26-30(2)6-11/h3-6,9,12,16,28H,7-8,10H2,1-2H3,(H,27,32)/t12-,16-/m1/s1. The van der Waals surface area contributed by atoms with Gasteiger partial charge in [0.05, 0.1) is 23.3 Å². The first kappa shape index (κ1) is 23.3. The van der Waals surface area contributed by atoms with E-state index < -0.39 is 23.4 Å². The molecule has 0 aliphatic carbocycles. The maximum Gasteiger partial charge on any atom is 0.276 e. The predicted octanol–water partition coefficient (Wildman–Crippen LogP) is 2.56. The van der Waals surface area contributed by atoms with E-state index >= 15 is 0 Å². The number of likely N-dealkylation sites (tertiary alicyclic amines) is 1. The summed E-state index contributed by atoms with van der Waals surface area (Å²) >= 11 is 1.28. The molecule has 9 nitrogen and oxygen atoms in total. The number of aryl methyl sites for hydroxylation is 2. The van der Waals surface area contributed by atoms with E-state index in [-0.39, 0.29) is 35.9 Å². The van der Waals surface area contributed by atoms with Crippen molar-refractivity contribution in [1.82, 2.24) is 24.0 Å². The van der Waals surface area contributed by atoms with Crippen LogP contribution >= 0.6 is 11.9 Å². The summed E-state index contributed by atoms with van der Waals surface area (Å²) in [6, 6.07) is 1.38. The first-order valence-corrected chi connectivity index (χ1v) is 11.5. The highest BCUT2D eigenvalue weighted by Crippen LogP contribution is 2.37. The van der Waals surface area contributed by atoms with Crippen molar-refractivity contribution in [2.45, 2.75) is 10.9 Å². The minimum Gasteiger partial charge on any atom is -0.489 e. The van der Waals surface area contributed by atoms with E-state index in [0.717, 1.165) is 0 Å². The summed E-state index contributed by atoms with van der Waals surface area (Å²) in [7, 11) is 3.39. The summed E-state index contributed by atoms with van der Waals surface area (Å²) in [5.74, 6) is -4.94. The summed E-state index contributed by atoms with van der Waals surface area (Å²) in [6.07, 6.45) is 4.89. The molecule has 0 spiro atoms. The Labute approximate surface area is 202 Å². The summed E-state index contributed by atoms with van der Waals surface area (Å²) in [4.78, 5) is 28.2. The molecule has 2 aliphatic rings. The minimum atomic E-state index is -1.61. The Morgan fingerprint density at radius 3 is 2.60 bits per heavy atom. The normalized spacial score (nSPS) is 19.4. The Morgan fingerprint density at radius 2 is 1.91 bits per heavy atom. The highest BCUT2D eigenvalue weighted by Gasteiger charge is 2.38. The molecule has 13 heteroatoms. The molecular weight excluding hydrogens is 485 g/mol. The van der Waals surface area contributed by atoms with Crippen LogP contribution in [-0.2, 0) is 14.1 Å². The van der Waals surface area contributed by atoms with E-state index in [1.165, 1.54) is 18.1 Å². The molecule has 1 saturated heterocycles. The van der Waals surface area contributed by atoms with Gasteiger partial charge in [0, 0.05) is 69.4 Å². The topological polar surface area (TPSA) is 93.4 Å². The molecule has 1 aromatic carbocycles. The van der Waals surface area contributed by atoms with Gasteiger partial charge in [0.2, 0.25) is 0 Å². The van der Waals surface area contributed by atoms with Crippen LogP contribution in [0.4, 0.5) is 18.9 Å². The van der Waals surface area contributed by atoms with Crippen LogP contribution in [0.2, 0.25) is 0 Å². The molecular formula is C22H21F3N6O3S. The van der Waals surface area contributed by atoms with Crippen LogP contribution in [0, 0.1) is 23.4 Å². The van der Waals surface area contributed by atoms with E-state index in [4.69, 9.17) is 4.74 Å². The lowest BCUT2D eigenvalue weighted by Gasteiger charge is -2.23. The van der Waals surface area contributed by atoms with Gasteiger partial charge in [-0.15, -0.1) is 0 Å². The van der Waals surface area contributed by atoms with Gasteiger partial charge in [-0.05, 0) is 11.9 Å². The van der Waals surface area contributed by atoms with Crippen LogP contribution in [-0.4, -0.2) is 56.8 Å². The highest BCUT2D eigenvalue weighted by molar-refractivity contribution is 7.97. The van der Waals surface area contributed by atoms with Crippen molar-refractivity contribution >= 4 is 29.4 Å². The smallest absolute Gasteiger partial charge is 0.276 e. The van der Waals surface area contributed by atoms with Crippen molar-refractivity contribution in [3.05, 3.63) is 59.4 Å². The van der Waals surface area contributed by atoms with Crippen molar-refractivity contribution in [3.63, 3.8) is 0 Å². The minimum absolute atomic E-state index is 0.0311. The Balaban J connectivity index is 1.32. The molecule has 4 heterocycles. The quantitative estimate of drug-likeness (QED) is 0.419. The zero-order chi connectivity index (χ0) is 24.9. The van der Waals surface area contributed by atoms with Crippen LogP contribution in [0.3, 0.4) is 0 Å². The molecule has 0 unspecified atom stereocenters. The molecule has 0 radical (unpaired) electrons. The van der Waals surface area contributed by atoms with Gasteiger partial charge in [0.15, 0.2) is 28.9 Å². The number of nitrogens with zero attached hydrogens (tertiary/aromatic N) is 4. The fourth-order valence-corrected chi connectivity index (χ4v) is 5.26. The average Bonchev–Trinajstić information content (AvgIpc) is 3.49. The molecule has 35 heavy (non-hydrogen) atoms. The van der Waals surface area contributed by atoms with Gasteiger partial charge < -0.3 is 19.5 Å². The molecule has 0 bridgehead atoms. The number of carbonyl (C=O) groups is 2. The fourth-order valence-electron chi connectivity index (χ4n) is 4.25. The van der Waals surface area contributed by atoms with Crippen LogP contribution < -0.4 is 14.8 Å². The molecule has 0 saturated carbocycles. The van der Waals surface area contributed by atoms with Gasteiger partial charge >= 0.3 is 0 Å². The monoisotopic (exact) mass is 506 g/mol. The third-order valence-corrected chi connectivity index (χ3v) is 6.93. The van der Waals surface area contributed by atoms with Crippen LogP contribution in [0.1, 0.15) is 20.8 Å². The van der Waals surface area contributed by atoms with E-state index in [1.54, 1.807) is 40.6 Å².